The summed E-state index contributed by atoms with van der Waals surface area (Å²) in [6.45, 7) is 7.91. The third-order valence-electron chi connectivity index (χ3n) is 4.09. The Balaban J connectivity index is 3.09. The molecular formula is C18H28F2O. The molecule has 21 heavy (non-hydrogen) atoms. The lowest BCUT2D eigenvalue weighted by Gasteiger charge is -2.36. The molecule has 0 aromatic heterocycles. The molecule has 0 saturated carbocycles. The van der Waals surface area contributed by atoms with E-state index in [1.807, 2.05) is 31.2 Å². The number of rotatable bonds is 8. The van der Waals surface area contributed by atoms with E-state index in [2.05, 4.69) is 13.8 Å². The predicted molar refractivity (Wildman–Crippen MR) is 83.6 cm³/mol. The molecule has 1 nitrogen and oxygen atoms in total. The molecule has 0 radical (unpaired) electrons. The topological polar surface area (TPSA) is 20.2 Å². The van der Waals surface area contributed by atoms with Gasteiger partial charge in [-0.3, -0.25) is 0 Å². The first-order valence-electron chi connectivity index (χ1n) is 7.95. The Morgan fingerprint density at radius 2 is 1.67 bits per heavy atom. The monoisotopic (exact) mass is 298 g/mol. The van der Waals surface area contributed by atoms with Gasteiger partial charge in [0.1, 0.15) is 0 Å². The van der Waals surface area contributed by atoms with Crippen molar-refractivity contribution in [2.24, 2.45) is 11.8 Å². The van der Waals surface area contributed by atoms with Crippen LogP contribution in [0, 0.1) is 11.8 Å². The quantitative estimate of drug-likeness (QED) is 0.702. The third-order valence-corrected chi connectivity index (χ3v) is 4.09. The van der Waals surface area contributed by atoms with Crippen LogP contribution in [0.15, 0.2) is 24.3 Å². The van der Waals surface area contributed by atoms with Gasteiger partial charge in [-0.25, -0.2) is 8.78 Å². The van der Waals surface area contributed by atoms with Crippen LogP contribution in [0.1, 0.15) is 58.1 Å². The van der Waals surface area contributed by atoms with Crippen LogP contribution in [0.5, 0.6) is 0 Å². The highest BCUT2D eigenvalue weighted by molar-refractivity contribution is 5.28. The summed E-state index contributed by atoms with van der Waals surface area (Å²) in [4.78, 5) is 0. The lowest BCUT2D eigenvalue weighted by Crippen LogP contribution is -2.39. The fraction of sp³-hybridized carbons (Fsp3) is 0.667. The average Bonchev–Trinajstić information content (AvgIpc) is 2.39. The van der Waals surface area contributed by atoms with Crippen LogP contribution in [-0.4, -0.2) is 11.5 Å². The van der Waals surface area contributed by atoms with Gasteiger partial charge < -0.3 is 5.11 Å². The van der Waals surface area contributed by atoms with E-state index in [4.69, 9.17) is 0 Å². The Hall–Kier alpha value is -0.960. The van der Waals surface area contributed by atoms with E-state index in [9.17, 15) is 13.9 Å². The van der Waals surface area contributed by atoms with Gasteiger partial charge in [-0.15, -0.1) is 0 Å². The van der Waals surface area contributed by atoms with Gasteiger partial charge in [0.25, 0.3) is 0 Å². The zero-order chi connectivity index (χ0) is 16.0. The Morgan fingerprint density at radius 3 is 2.05 bits per heavy atom. The van der Waals surface area contributed by atoms with Gasteiger partial charge in [0, 0.05) is 0 Å². The second-order valence-electron chi connectivity index (χ2n) is 6.32. The first-order valence-corrected chi connectivity index (χ1v) is 7.95. The van der Waals surface area contributed by atoms with Gasteiger partial charge in [0.15, 0.2) is 0 Å². The molecule has 0 bridgehead atoms. The van der Waals surface area contributed by atoms with Gasteiger partial charge >= 0.3 is 0 Å². The van der Waals surface area contributed by atoms with Crippen LogP contribution in [0.4, 0.5) is 8.78 Å². The largest absolute Gasteiger partial charge is 0.385 e. The fourth-order valence-electron chi connectivity index (χ4n) is 3.05. The van der Waals surface area contributed by atoms with Crippen molar-refractivity contribution in [2.45, 2.75) is 65.4 Å². The molecule has 0 spiro atoms. The van der Waals surface area contributed by atoms with Crippen LogP contribution < -0.4 is 0 Å². The molecule has 0 fully saturated rings. The number of hydrogen-bond acceptors (Lipinski definition) is 1. The van der Waals surface area contributed by atoms with E-state index < -0.39 is 17.9 Å². The Bertz CT molecular complexity index is 414. The highest BCUT2D eigenvalue weighted by Crippen LogP contribution is 2.39. The molecule has 1 aromatic rings. The van der Waals surface area contributed by atoms with Crippen molar-refractivity contribution in [1.29, 1.82) is 0 Å². The van der Waals surface area contributed by atoms with Crippen molar-refractivity contribution in [3.8, 4) is 0 Å². The molecule has 0 aliphatic carbocycles. The van der Waals surface area contributed by atoms with Crippen LogP contribution in [-0.2, 0) is 12.0 Å². The molecule has 0 amide bonds. The minimum absolute atomic E-state index is 0.266. The second kappa shape index (κ2) is 7.88. The molecule has 1 aromatic carbocycles. The SMILES string of the molecule is CCCC(O)(c1ccc(CC(C)C)cc1)C(CC)C(F)F. The van der Waals surface area contributed by atoms with Gasteiger partial charge in [-0.05, 0) is 36.3 Å². The summed E-state index contributed by atoms with van der Waals surface area (Å²) in [5, 5.41) is 10.9. The highest BCUT2D eigenvalue weighted by atomic mass is 19.3. The molecule has 3 heteroatoms. The standard InChI is InChI=1S/C18H28F2O/c1-5-11-18(21,16(6-2)17(19)20)15-9-7-14(8-10-15)12-13(3)4/h7-10,13,16-17,21H,5-6,11-12H2,1-4H3. The molecule has 0 aliphatic rings. The van der Waals surface area contributed by atoms with Gasteiger partial charge in [-0.1, -0.05) is 58.4 Å². The lowest BCUT2D eigenvalue weighted by atomic mass is 9.76. The van der Waals surface area contributed by atoms with Crippen LogP contribution >= 0.6 is 0 Å². The molecule has 1 N–H and O–H groups in total. The summed E-state index contributed by atoms with van der Waals surface area (Å²) < 4.78 is 26.6. The van der Waals surface area contributed by atoms with E-state index in [1.54, 1.807) is 6.92 Å². The third kappa shape index (κ3) is 4.50. The summed E-state index contributed by atoms with van der Waals surface area (Å²) in [7, 11) is 0. The van der Waals surface area contributed by atoms with Gasteiger partial charge in [0.05, 0.1) is 11.5 Å². The molecule has 0 saturated heterocycles. The normalized spacial score (nSPS) is 16.2. The number of halogens is 2. The highest BCUT2D eigenvalue weighted by Gasteiger charge is 2.41. The number of aliphatic hydroxyl groups is 1. The van der Waals surface area contributed by atoms with E-state index in [0.717, 1.165) is 6.42 Å². The van der Waals surface area contributed by atoms with Crippen LogP contribution in [0.2, 0.25) is 0 Å². The maximum absolute atomic E-state index is 13.3. The molecule has 120 valence electrons. The first-order chi connectivity index (χ1) is 9.85. The smallest absolute Gasteiger partial charge is 0.244 e. The molecular weight excluding hydrogens is 270 g/mol. The molecule has 0 heterocycles. The summed E-state index contributed by atoms with van der Waals surface area (Å²) in [5.41, 5.74) is 0.357. The molecule has 2 atom stereocenters. The van der Waals surface area contributed by atoms with Crippen LogP contribution in [0.25, 0.3) is 0 Å². The summed E-state index contributed by atoms with van der Waals surface area (Å²) in [6, 6.07) is 7.54. The maximum Gasteiger partial charge on any atom is 0.244 e. The predicted octanol–water partition coefficient (Wildman–Crippen LogP) is 5.16. The minimum Gasteiger partial charge on any atom is -0.385 e. The van der Waals surface area contributed by atoms with E-state index in [-0.39, 0.29) is 6.42 Å². The first kappa shape index (κ1) is 18.1. The molecule has 1 rings (SSSR count). The van der Waals surface area contributed by atoms with Crippen molar-refractivity contribution in [2.75, 3.05) is 0 Å². The number of hydrogen-bond donors (Lipinski definition) is 1. The van der Waals surface area contributed by atoms with Gasteiger partial charge in [0.2, 0.25) is 6.43 Å². The van der Waals surface area contributed by atoms with Crippen molar-refractivity contribution in [3.05, 3.63) is 35.4 Å². The zero-order valence-electron chi connectivity index (χ0n) is 13.6. The van der Waals surface area contributed by atoms with Crippen molar-refractivity contribution >= 4 is 0 Å². The van der Waals surface area contributed by atoms with Crippen molar-refractivity contribution in [1.82, 2.24) is 0 Å². The van der Waals surface area contributed by atoms with Gasteiger partial charge in [-0.2, -0.15) is 0 Å². The van der Waals surface area contributed by atoms with E-state index >= 15 is 0 Å². The Kier molecular flexibility index (Phi) is 6.79. The summed E-state index contributed by atoms with van der Waals surface area (Å²) in [5.74, 6) is -0.469. The summed E-state index contributed by atoms with van der Waals surface area (Å²) in [6.07, 6.45) is -0.255. The molecule has 2 unspecified atom stereocenters. The molecule has 0 aliphatic heterocycles. The second-order valence-corrected chi connectivity index (χ2v) is 6.32. The van der Waals surface area contributed by atoms with E-state index in [0.29, 0.717) is 24.3 Å². The lowest BCUT2D eigenvalue weighted by molar-refractivity contribution is -0.0975. The van der Waals surface area contributed by atoms with Crippen molar-refractivity contribution < 1.29 is 13.9 Å². The Labute approximate surface area is 127 Å². The maximum atomic E-state index is 13.3. The van der Waals surface area contributed by atoms with E-state index in [1.165, 1.54) is 5.56 Å². The minimum atomic E-state index is -2.51. The fourth-order valence-corrected chi connectivity index (χ4v) is 3.05. The Morgan fingerprint density at radius 1 is 1.10 bits per heavy atom. The van der Waals surface area contributed by atoms with Crippen LogP contribution in [0.3, 0.4) is 0 Å². The van der Waals surface area contributed by atoms with Crippen molar-refractivity contribution in [3.63, 3.8) is 0 Å². The number of alkyl halides is 2. The zero-order valence-corrected chi connectivity index (χ0v) is 13.6. The number of benzene rings is 1. The average molecular weight is 298 g/mol. The summed E-state index contributed by atoms with van der Waals surface area (Å²) >= 11 is 0.